The van der Waals surface area contributed by atoms with E-state index in [-0.39, 0.29) is 22.3 Å². The molecule has 0 aromatic heterocycles. The zero-order chi connectivity index (χ0) is 35.9. The van der Waals surface area contributed by atoms with E-state index in [0.29, 0.717) is 31.5 Å². The Labute approximate surface area is 288 Å². The van der Waals surface area contributed by atoms with Crippen LogP contribution in [0.2, 0.25) is 0 Å². The van der Waals surface area contributed by atoms with E-state index >= 15 is 0 Å². The second-order valence-corrected chi connectivity index (χ2v) is 12.5. The first-order chi connectivity index (χ1) is 23.1. The number of benzene rings is 2. The first-order valence-corrected chi connectivity index (χ1v) is 18.1. The SMILES string of the molecule is CCCCC(CC)Cc1ccc(C(=O)O)c(C(=O)O)c1CC(CC)CCCC.CCCCOC(=O)c1ccccc1C(=O)OCCCC. The molecule has 0 amide bonds. The van der Waals surface area contributed by atoms with Gasteiger partial charge in [-0.25, -0.2) is 19.2 Å². The Hall–Kier alpha value is -3.68. The van der Waals surface area contributed by atoms with E-state index in [2.05, 4.69) is 27.7 Å². The van der Waals surface area contributed by atoms with Gasteiger partial charge in [0.1, 0.15) is 0 Å². The summed E-state index contributed by atoms with van der Waals surface area (Å²) in [4.78, 5) is 47.6. The van der Waals surface area contributed by atoms with Crippen LogP contribution in [0.1, 0.15) is 171 Å². The average molecular weight is 669 g/mol. The van der Waals surface area contributed by atoms with Crippen LogP contribution in [0, 0.1) is 11.8 Å². The van der Waals surface area contributed by atoms with Crippen molar-refractivity contribution in [3.8, 4) is 0 Å². The minimum absolute atomic E-state index is 0.00490. The Bertz CT molecular complexity index is 1230. The van der Waals surface area contributed by atoms with Crippen LogP contribution >= 0.6 is 0 Å². The van der Waals surface area contributed by atoms with Gasteiger partial charge in [-0.3, -0.25) is 0 Å². The number of hydrogen-bond donors (Lipinski definition) is 2. The van der Waals surface area contributed by atoms with E-state index in [4.69, 9.17) is 9.47 Å². The lowest BCUT2D eigenvalue weighted by Gasteiger charge is -2.23. The van der Waals surface area contributed by atoms with Crippen LogP contribution in [0.5, 0.6) is 0 Å². The predicted molar refractivity (Wildman–Crippen MR) is 191 cm³/mol. The molecule has 2 unspecified atom stereocenters. The molecule has 8 nitrogen and oxygen atoms in total. The van der Waals surface area contributed by atoms with Crippen LogP contribution in [0.25, 0.3) is 0 Å². The molecular weight excluding hydrogens is 608 g/mol. The van der Waals surface area contributed by atoms with E-state index in [1.165, 1.54) is 12.5 Å². The summed E-state index contributed by atoms with van der Waals surface area (Å²) < 4.78 is 10.3. The Morgan fingerprint density at radius 3 is 1.44 bits per heavy atom. The number of carboxylic acid groups (broad SMARTS) is 2. The van der Waals surface area contributed by atoms with E-state index < -0.39 is 23.9 Å². The molecule has 0 bridgehead atoms. The monoisotopic (exact) mass is 668 g/mol. The average Bonchev–Trinajstić information content (AvgIpc) is 3.08. The second kappa shape index (κ2) is 24.5. The van der Waals surface area contributed by atoms with Gasteiger partial charge < -0.3 is 19.7 Å². The number of ether oxygens (including phenoxy) is 2. The third-order valence-corrected chi connectivity index (χ3v) is 8.77. The van der Waals surface area contributed by atoms with Gasteiger partial charge >= 0.3 is 23.9 Å². The van der Waals surface area contributed by atoms with Gasteiger partial charge in [-0.15, -0.1) is 0 Å². The molecule has 0 saturated heterocycles. The van der Waals surface area contributed by atoms with Crippen LogP contribution in [-0.4, -0.2) is 47.3 Å². The van der Waals surface area contributed by atoms with E-state index in [9.17, 15) is 29.4 Å². The molecule has 0 aliphatic rings. The number of hydrogen-bond acceptors (Lipinski definition) is 6. The maximum Gasteiger partial charge on any atom is 0.339 e. The van der Waals surface area contributed by atoms with Crippen molar-refractivity contribution in [2.24, 2.45) is 11.8 Å². The summed E-state index contributed by atoms with van der Waals surface area (Å²) in [6, 6.07) is 9.95. The van der Waals surface area contributed by atoms with Crippen LogP contribution in [0.3, 0.4) is 0 Å². The molecule has 48 heavy (non-hydrogen) atoms. The van der Waals surface area contributed by atoms with Crippen molar-refractivity contribution in [2.75, 3.05) is 13.2 Å². The first-order valence-electron chi connectivity index (χ1n) is 18.1. The Kier molecular flexibility index (Phi) is 21.6. The molecule has 2 aromatic carbocycles. The van der Waals surface area contributed by atoms with Crippen LogP contribution in [-0.2, 0) is 22.3 Å². The van der Waals surface area contributed by atoms with Crippen molar-refractivity contribution >= 4 is 23.9 Å². The number of carboxylic acids is 2. The molecule has 2 N–H and O–H groups in total. The highest BCUT2D eigenvalue weighted by molar-refractivity contribution is 6.03. The fourth-order valence-corrected chi connectivity index (χ4v) is 5.64. The molecule has 0 aliphatic carbocycles. The summed E-state index contributed by atoms with van der Waals surface area (Å²) in [6.07, 6.45) is 13.8. The summed E-state index contributed by atoms with van der Waals surface area (Å²) in [5.41, 5.74) is 2.24. The normalized spacial score (nSPS) is 12.0. The zero-order valence-electron chi connectivity index (χ0n) is 30.3. The molecule has 0 fully saturated rings. The minimum atomic E-state index is -1.16. The molecule has 0 heterocycles. The number of rotatable bonds is 22. The molecule has 268 valence electrons. The van der Waals surface area contributed by atoms with Gasteiger partial charge in [0.05, 0.1) is 35.5 Å². The smallest absolute Gasteiger partial charge is 0.339 e. The summed E-state index contributed by atoms with van der Waals surface area (Å²) in [5.74, 6) is -2.34. The summed E-state index contributed by atoms with van der Waals surface area (Å²) in [5, 5.41) is 19.4. The van der Waals surface area contributed by atoms with Crippen molar-refractivity contribution in [3.63, 3.8) is 0 Å². The molecule has 0 spiro atoms. The topological polar surface area (TPSA) is 127 Å². The number of esters is 2. The molecular formula is C40H60O8. The van der Waals surface area contributed by atoms with Crippen molar-refractivity contribution < 1.29 is 38.9 Å². The highest BCUT2D eigenvalue weighted by Gasteiger charge is 2.25. The van der Waals surface area contributed by atoms with Gasteiger partial charge in [0, 0.05) is 0 Å². The molecule has 2 rings (SSSR count). The number of carbonyl (C=O) groups is 4. The quantitative estimate of drug-likeness (QED) is 0.0937. The highest BCUT2D eigenvalue weighted by atomic mass is 16.5. The van der Waals surface area contributed by atoms with Crippen molar-refractivity contribution in [2.45, 2.75) is 131 Å². The Morgan fingerprint density at radius 2 is 1.04 bits per heavy atom. The summed E-state index contributed by atoms with van der Waals surface area (Å²) >= 11 is 0. The van der Waals surface area contributed by atoms with Crippen LogP contribution < -0.4 is 0 Å². The maximum absolute atomic E-state index is 12.0. The second-order valence-electron chi connectivity index (χ2n) is 12.5. The predicted octanol–water partition coefficient (Wildman–Crippen LogP) is 10.2. The lowest BCUT2D eigenvalue weighted by molar-refractivity contribution is 0.0452. The zero-order valence-corrected chi connectivity index (χ0v) is 30.3. The van der Waals surface area contributed by atoms with Gasteiger partial charge in [-0.1, -0.05) is 124 Å². The molecule has 0 saturated carbocycles. The van der Waals surface area contributed by atoms with Crippen LogP contribution in [0.15, 0.2) is 36.4 Å². The molecule has 0 radical (unpaired) electrons. The largest absolute Gasteiger partial charge is 0.478 e. The Morgan fingerprint density at radius 1 is 0.583 bits per heavy atom. The maximum atomic E-state index is 12.0. The van der Waals surface area contributed by atoms with Crippen LogP contribution in [0.4, 0.5) is 0 Å². The van der Waals surface area contributed by atoms with Crippen molar-refractivity contribution in [1.29, 1.82) is 0 Å². The van der Waals surface area contributed by atoms with E-state index in [1.807, 2.05) is 19.9 Å². The molecule has 2 aromatic rings. The van der Waals surface area contributed by atoms with E-state index in [1.54, 1.807) is 24.3 Å². The number of aromatic carboxylic acids is 2. The van der Waals surface area contributed by atoms with Gasteiger partial charge in [0.25, 0.3) is 0 Å². The van der Waals surface area contributed by atoms with Gasteiger partial charge in [-0.05, 0) is 66.8 Å². The number of unbranched alkanes of at least 4 members (excludes halogenated alkanes) is 4. The van der Waals surface area contributed by atoms with Gasteiger partial charge in [0.2, 0.25) is 0 Å². The third kappa shape index (κ3) is 14.6. The lowest BCUT2D eigenvalue weighted by atomic mass is 9.82. The number of carbonyl (C=O) groups excluding carboxylic acids is 2. The highest BCUT2D eigenvalue weighted by Crippen LogP contribution is 2.30. The van der Waals surface area contributed by atoms with Crippen molar-refractivity contribution in [1.82, 2.24) is 0 Å². The fourth-order valence-electron chi connectivity index (χ4n) is 5.64. The Balaban J connectivity index is 0.000000507. The summed E-state index contributed by atoms with van der Waals surface area (Å²) in [6.45, 7) is 13.4. The van der Waals surface area contributed by atoms with E-state index in [0.717, 1.165) is 88.2 Å². The minimum Gasteiger partial charge on any atom is -0.478 e. The van der Waals surface area contributed by atoms with Gasteiger partial charge in [-0.2, -0.15) is 0 Å². The standard InChI is InChI=1S/C24H38O4.C16H22O4/c1-5-9-11-17(7-3)15-19-13-14-20(23(25)26)22(24(27)28)21(19)16-18(8-4)12-10-6-2;1-3-5-11-19-15(17)13-9-7-8-10-14(13)16(18)20-12-6-4-2/h13-14,17-18H,5-12,15-16H2,1-4H3,(H,25,26)(H,27,28);7-10H,3-6,11-12H2,1-2H3. The summed E-state index contributed by atoms with van der Waals surface area (Å²) in [7, 11) is 0. The lowest BCUT2D eigenvalue weighted by Crippen LogP contribution is -2.18. The third-order valence-electron chi connectivity index (χ3n) is 8.77. The first kappa shape index (κ1) is 42.3. The molecule has 2 atom stereocenters. The van der Waals surface area contributed by atoms with Gasteiger partial charge in [0.15, 0.2) is 0 Å². The molecule has 8 heteroatoms. The van der Waals surface area contributed by atoms with Crippen molar-refractivity contribution in [3.05, 3.63) is 69.8 Å². The fraction of sp³-hybridized carbons (Fsp3) is 0.600. The molecule has 0 aliphatic heterocycles.